The molecule has 10 heteroatoms. The first kappa shape index (κ1) is 20.3. The number of carbonyl (C=O) groups is 1. The minimum atomic E-state index is -0.472. The summed E-state index contributed by atoms with van der Waals surface area (Å²) < 4.78 is 7.20. The lowest BCUT2D eigenvalue weighted by atomic mass is 10.2. The second kappa shape index (κ2) is 8.74. The highest BCUT2D eigenvalue weighted by Crippen LogP contribution is 2.27. The van der Waals surface area contributed by atoms with Gasteiger partial charge in [0.1, 0.15) is 5.76 Å². The largest absolute Gasteiger partial charge is 0.469 e. The first-order chi connectivity index (χ1) is 13.9. The van der Waals surface area contributed by atoms with Crippen LogP contribution in [0.5, 0.6) is 0 Å². The second-order valence-electron chi connectivity index (χ2n) is 6.19. The van der Waals surface area contributed by atoms with Crippen molar-refractivity contribution in [3.05, 3.63) is 64.6 Å². The number of thioether (sulfide) groups is 1. The van der Waals surface area contributed by atoms with E-state index in [2.05, 4.69) is 22.1 Å². The molecule has 1 aromatic carbocycles. The Kier molecular flexibility index (Phi) is 6.13. The molecule has 0 bridgehead atoms. The van der Waals surface area contributed by atoms with Gasteiger partial charge >= 0.3 is 0 Å². The van der Waals surface area contributed by atoms with Crippen molar-refractivity contribution in [3.63, 3.8) is 0 Å². The number of furan rings is 1. The number of rotatable bonds is 8. The summed E-state index contributed by atoms with van der Waals surface area (Å²) in [5.74, 6) is 1.23. The third-order valence-corrected chi connectivity index (χ3v) is 5.12. The zero-order valence-electron chi connectivity index (χ0n) is 15.9. The van der Waals surface area contributed by atoms with Crippen molar-refractivity contribution in [2.45, 2.75) is 25.5 Å². The number of carbonyl (C=O) groups excluding carboxylic acids is 1. The van der Waals surface area contributed by atoms with Crippen LogP contribution in [0.2, 0.25) is 0 Å². The van der Waals surface area contributed by atoms with Gasteiger partial charge in [0.2, 0.25) is 5.91 Å². The van der Waals surface area contributed by atoms with Crippen LogP contribution >= 0.6 is 11.8 Å². The maximum Gasteiger partial charge on any atom is 0.269 e. The Morgan fingerprint density at radius 1 is 1.38 bits per heavy atom. The number of aromatic nitrogens is 3. The number of nitro benzene ring substituents is 1. The molecule has 0 aliphatic carbocycles. The van der Waals surface area contributed by atoms with Crippen molar-refractivity contribution in [2.75, 3.05) is 11.1 Å². The van der Waals surface area contributed by atoms with E-state index in [0.29, 0.717) is 28.8 Å². The van der Waals surface area contributed by atoms with E-state index in [9.17, 15) is 14.9 Å². The van der Waals surface area contributed by atoms with Crippen LogP contribution < -0.4 is 5.32 Å². The fourth-order valence-electron chi connectivity index (χ4n) is 2.72. The van der Waals surface area contributed by atoms with Gasteiger partial charge in [-0.05, 0) is 31.5 Å². The molecule has 3 rings (SSSR count). The second-order valence-corrected chi connectivity index (χ2v) is 7.13. The molecule has 1 N–H and O–H groups in total. The Morgan fingerprint density at radius 2 is 2.17 bits per heavy atom. The molecule has 2 aromatic heterocycles. The predicted molar refractivity (Wildman–Crippen MR) is 110 cm³/mol. The standard InChI is InChI=1S/C19H19N5O4S/c1-4-8-23-18(15-7-9-28-13(15)3)21-22-19(23)29-11-17(25)20-16-6-5-14(24(26)27)10-12(16)2/h4-7,9-10H,1,8,11H2,2-3H3,(H,20,25). The maximum atomic E-state index is 12.4. The van der Waals surface area contributed by atoms with E-state index in [-0.39, 0.29) is 17.3 Å². The SMILES string of the molecule is C=CCn1c(SCC(=O)Nc2ccc([N+](=O)[O-])cc2C)nnc1-c1ccoc1C. The van der Waals surface area contributed by atoms with Crippen molar-refractivity contribution in [1.82, 2.24) is 14.8 Å². The number of amides is 1. The molecule has 9 nitrogen and oxygen atoms in total. The highest BCUT2D eigenvalue weighted by molar-refractivity contribution is 7.99. The Labute approximate surface area is 171 Å². The smallest absolute Gasteiger partial charge is 0.269 e. The van der Waals surface area contributed by atoms with Gasteiger partial charge in [-0.1, -0.05) is 17.8 Å². The summed E-state index contributed by atoms with van der Waals surface area (Å²) in [5.41, 5.74) is 1.96. The number of hydrogen-bond acceptors (Lipinski definition) is 7. The molecule has 0 aliphatic rings. The summed E-state index contributed by atoms with van der Waals surface area (Å²) in [7, 11) is 0. The maximum absolute atomic E-state index is 12.4. The number of benzene rings is 1. The lowest BCUT2D eigenvalue weighted by molar-refractivity contribution is -0.384. The summed E-state index contributed by atoms with van der Waals surface area (Å²) in [4.78, 5) is 22.7. The first-order valence-corrected chi connectivity index (χ1v) is 9.65. The van der Waals surface area contributed by atoms with Gasteiger partial charge in [0, 0.05) is 24.4 Å². The van der Waals surface area contributed by atoms with Crippen LogP contribution in [0.15, 0.2) is 52.8 Å². The van der Waals surface area contributed by atoms with Crippen LogP contribution in [-0.4, -0.2) is 31.3 Å². The Balaban J connectivity index is 1.70. The number of allylic oxidation sites excluding steroid dienone is 1. The monoisotopic (exact) mass is 413 g/mol. The fourth-order valence-corrected chi connectivity index (χ4v) is 3.47. The Hall–Kier alpha value is -3.40. The Bertz CT molecular complexity index is 1070. The summed E-state index contributed by atoms with van der Waals surface area (Å²) in [6, 6.07) is 6.12. The van der Waals surface area contributed by atoms with Crippen LogP contribution in [0.4, 0.5) is 11.4 Å². The van der Waals surface area contributed by atoms with Gasteiger partial charge in [0.25, 0.3) is 5.69 Å². The fraction of sp³-hybridized carbons (Fsp3) is 0.211. The zero-order valence-corrected chi connectivity index (χ0v) is 16.7. The number of hydrogen-bond donors (Lipinski definition) is 1. The Morgan fingerprint density at radius 3 is 2.79 bits per heavy atom. The lowest BCUT2D eigenvalue weighted by Gasteiger charge is -2.09. The molecule has 1 amide bonds. The van der Waals surface area contributed by atoms with Crippen LogP contribution in [0.3, 0.4) is 0 Å². The average Bonchev–Trinajstić information content (AvgIpc) is 3.27. The number of anilines is 1. The van der Waals surface area contributed by atoms with E-state index < -0.39 is 4.92 Å². The van der Waals surface area contributed by atoms with Gasteiger partial charge in [-0.3, -0.25) is 19.5 Å². The molecule has 0 aliphatic heterocycles. The molecule has 2 heterocycles. The zero-order chi connectivity index (χ0) is 21.0. The molecule has 0 radical (unpaired) electrons. The van der Waals surface area contributed by atoms with Gasteiger partial charge in [-0.25, -0.2) is 0 Å². The van der Waals surface area contributed by atoms with Gasteiger partial charge in [-0.15, -0.1) is 16.8 Å². The van der Waals surface area contributed by atoms with E-state index in [1.165, 1.54) is 30.0 Å². The molecule has 3 aromatic rings. The number of nitrogens with one attached hydrogen (secondary N) is 1. The van der Waals surface area contributed by atoms with Crippen LogP contribution in [-0.2, 0) is 11.3 Å². The summed E-state index contributed by atoms with van der Waals surface area (Å²) >= 11 is 1.24. The molecule has 150 valence electrons. The van der Waals surface area contributed by atoms with E-state index in [1.807, 2.05) is 17.6 Å². The van der Waals surface area contributed by atoms with Crippen molar-refractivity contribution < 1.29 is 14.1 Å². The molecule has 0 fully saturated rings. The first-order valence-electron chi connectivity index (χ1n) is 8.67. The van der Waals surface area contributed by atoms with E-state index in [1.54, 1.807) is 19.3 Å². The molecule has 29 heavy (non-hydrogen) atoms. The van der Waals surface area contributed by atoms with Crippen molar-refractivity contribution in [3.8, 4) is 11.4 Å². The number of aryl methyl sites for hydroxylation is 2. The molecule has 0 atom stereocenters. The molecule has 0 spiro atoms. The third kappa shape index (κ3) is 4.54. The third-order valence-electron chi connectivity index (χ3n) is 4.16. The van der Waals surface area contributed by atoms with Crippen LogP contribution in [0.1, 0.15) is 11.3 Å². The minimum absolute atomic E-state index is 0.0190. The quantitative estimate of drug-likeness (QED) is 0.257. The van der Waals surface area contributed by atoms with E-state index in [0.717, 1.165) is 11.3 Å². The molecule has 0 saturated heterocycles. The van der Waals surface area contributed by atoms with Crippen molar-refractivity contribution in [1.29, 1.82) is 0 Å². The normalized spacial score (nSPS) is 10.7. The highest BCUT2D eigenvalue weighted by Gasteiger charge is 2.18. The number of nitro groups is 1. The number of non-ortho nitro benzene ring substituents is 1. The molecular formula is C19H19N5O4S. The van der Waals surface area contributed by atoms with Gasteiger partial charge in [-0.2, -0.15) is 0 Å². The minimum Gasteiger partial charge on any atom is -0.469 e. The summed E-state index contributed by atoms with van der Waals surface area (Å²) in [5, 5.41) is 22.6. The van der Waals surface area contributed by atoms with Crippen LogP contribution in [0.25, 0.3) is 11.4 Å². The van der Waals surface area contributed by atoms with Crippen molar-refractivity contribution >= 4 is 29.0 Å². The topological polar surface area (TPSA) is 116 Å². The summed E-state index contributed by atoms with van der Waals surface area (Å²) in [6.45, 7) is 7.80. The van der Waals surface area contributed by atoms with E-state index >= 15 is 0 Å². The molecule has 0 saturated carbocycles. The number of nitrogens with zero attached hydrogens (tertiary/aromatic N) is 4. The molecule has 0 unspecified atom stereocenters. The van der Waals surface area contributed by atoms with E-state index in [4.69, 9.17) is 4.42 Å². The van der Waals surface area contributed by atoms with Gasteiger partial charge in [0.15, 0.2) is 11.0 Å². The van der Waals surface area contributed by atoms with Crippen molar-refractivity contribution in [2.24, 2.45) is 0 Å². The average molecular weight is 413 g/mol. The predicted octanol–water partition coefficient (Wildman–Crippen LogP) is 3.98. The van der Waals surface area contributed by atoms with Gasteiger partial charge < -0.3 is 9.73 Å². The van der Waals surface area contributed by atoms with Gasteiger partial charge in [0.05, 0.1) is 22.5 Å². The van der Waals surface area contributed by atoms with Crippen LogP contribution in [0, 0.1) is 24.0 Å². The summed E-state index contributed by atoms with van der Waals surface area (Å²) in [6.07, 6.45) is 3.32. The highest BCUT2D eigenvalue weighted by atomic mass is 32.2. The molecular weight excluding hydrogens is 394 g/mol. The lowest BCUT2D eigenvalue weighted by Crippen LogP contribution is -2.15.